The number of likely N-dealkylation sites (N-methyl/N-ethyl adjacent to an activating group) is 1. The zero-order valence-corrected chi connectivity index (χ0v) is 16.1. The van der Waals surface area contributed by atoms with E-state index in [1.54, 1.807) is 0 Å². The van der Waals surface area contributed by atoms with Crippen molar-refractivity contribution in [3.63, 3.8) is 0 Å². The number of aryl methyl sites for hydroxylation is 1. The predicted octanol–water partition coefficient (Wildman–Crippen LogP) is 3.08. The Labute approximate surface area is 149 Å². The molecule has 0 aliphatic rings. The summed E-state index contributed by atoms with van der Waals surface area (Å²) in [5, 5.41) is 7.94. The van der Waals surface area contributed by atoms with E-state index in [-0.39, 0.29) is 17.4 Å². The average Bonchev–Trinajstić information content (AvgIpc) is 2.98. The van der Waals surface area contributed by atoms with Gasteiger partial charge in [0, 0.05) is 25.0 Å². The third-order valence-electron chi connectivity index (χ3n) is 5.22. The Balaban J connectivity index is 2.10. The fourth-order valence-corrected chi connectivity index (χ4v) is 3.34. The topological polar surface area (TPSA) is 84.2 Å². The van der Waals surface area contributed by atoms with Gasteiger partial charge in [-0.1, -0.05) is 25.9 Å². The van der Waals surface area contributed by atoms with E-state index in [0.29, 0.717) is 12.3 Å². The molecule has 0 saturated carbocycles. The van der Waals surface area contributed by atoms with Crippen LogP contribution in [0.1, 0.15) is 52.7 Å². The number of rotatable bonds is 8. The van der Waals surface area contributed by atoms with Gasteiger partial charge in [-0.3, -0.25) is 4.79 Å². The number of carbonyl (C=O) groups is 1. The van der Waals surface area contributed by atoms with Gasteiger partial charge in [-0.05, 0) is 33.1 Å². The predicted molar refractivity (Wildman–Crippen MR) is 98.5 cm³/mol. The lowest BCUT2D eigenvalue weighted by Crippen LogP contribution is -2.47. The summed E-state index contributed by atoms with van der Waals surface area (Å²) in [6.45, 7) is 10.8. The average molecular weight is 347 g/mol. The standard InChI is InChI=1S/C18H29N5O2/c1-7-18(8-2,9-3)17(24)21-12(4)10-23(6)15-14-13(5)22-25-16(14)20-11-19-15/h11-12H,7-10H2,1-6H3,(H,21,24). The molecule has 7 heteroatoms. The third-order valence-corrected chi connectivity index (χ3v) is 5.22. The summed E-state index contributed by atoms with van der Waals surface area (Å²) >= 11 is 0. The lowest BCUT2D eigenvalue weighted by molar-refractivity contribution is -0.132. The second-order valence-corrected chi connectivity index (χ2v) is 6.74. The SMILES string of the molecule is CCC(CC)(CC)C(=O)NC(C)CN(C)c1ncnc2onc(C)c12. The second-order valence-electron chi connectivity index (χ2n) is 6.74. The lowest BCUT2D eigenvalue weighted by atomic mass is 9.79. The highest BCUT2D eigenvalue weighted by molar-refractivity contribution is 5.87. The van der Waals surface area contributed by atoms with Crippen molar-refractivity contribution in [2.75, 3.05) is 18.5 Å². The van der Waals surface area contributed by atoms with Gasteiger partial charge in [0.1, 0.15) is 17.5 Å². The molecule has 1 unspecified atom stereocenters. The molecule has 1 N–H and O–H groups in total. The van der Waals surface area contributed by atoms with Crippen LogP contribution in [0.2, 0.25) is 0 Å². The number of anilines is 1. The molecule has 2 heterocycles. The maximum atomic E-state index is 12.7. The monoisotopic (exact) mass is 347 g/mol. The van der Waals surface area contributed by atoms with Crippen LogP contribution in [0, 0.1) is 12.3 Å². The van der Waals surface area contributed by atoms with Crippen molar-refractivity contribution in [1.29, 1.82) is 0 Å². The van der Waals surface area contributed by atoms with Gasteiger partial charge < -0.3 is 14.7 Å². The van der Waals surface area contributed by atoms with E-state index in [1.807, 2.05) is 25.8 Å². The van der Waals surface area contributed by atoms with Crippen LogP contribution in [0.5, 0.6) is 0 Å². The molecule has 2 aromatic heterocycles. The number of hydrogen-bond acceptors (Lipinski definition) is 6. The maximum Gasteiger partial charge on any atom is 0.263 e. The van der Waals surface area contributed by atoms with Gasteiger partial charge in [0.15, 0.2) is 0 Å². The number of carbonyl (C=O) groups excluding carboxylic acids is 1. The van der Waals surface area contributed by atoms with Crippen LogP contribution in [0.25, 0.3) is 11.1 Å². The zero-order valence-electron chi connectivity index (χ0n) is 16.1. The molecule has 0 bridgehead atoms. The van der Waals surface area contributed by atoms with Crippen molar-refractivity contribution in [2.45, 2.75) is 59.9 Å². The third kappa shape index (κ3) is 3.75. The van der Waals surface area contributed by atoms with E-state index in [1.165, 1.54) is 6.33 Å². The van der Waals surface area contributed by atoms with Gasteiger partial charge in [-0.2, -0.15) is 4.98 Å². The molecule has 25 heavy (non-hydrogen) atoms. The summed E-state index contributed by atoms with van der Waals surface area (Å²) in [5.74, 6) is 0.896. The zero-order chi connectivity index (χ0) is 18.6. The van der Waals surface area contributed by atoms with Crippen molar-refractivity contribution in [3.8, 4) is 0 Å². The van der Waals surface area contributed by atoms with Gasteiger partial charge >= 0.3 is 0 Å². The number of aromatic nitrogens is 3. The minimum atomic E-state index is -0.278. The van der Waals surface area contributed by atoms with E-state index >= 15 is 0 Å². The largest absolute Gasteiger partial charge is 0.357 e. The highest BCUT2D eigenvalue weighted by atomic mass is 16.5. The highest BCUT2D eigenvalue weighted by Crippen LogP contribution is 2.31. The van der Waals surface area contributed by atoms with E-state index < -0.39 is 0 Å². The number of nitrogens with zero attached hydrogens (tertiary/aromatic N) is 4. The molecule has 0 aliphatic heterocycles. The molecule has 0 saturated heterocycles. The Morgan fingerprint density at radius 2 is 1.92 bits per heavy atom. The molecule has 1 atom stereocenters. The fraction of sp³-hybridized carbons (Fsp3) is 0.667. The quantitative estimate of drug-likeness (QED) is 0.790. The molecular formula is C18H29N5O2. The van der Waals surface area contributed by atoms with Gasteiger partial charge in [0.05, 0.1) is 5.69 Å². The van der Waals surface area contributed by atoms with Crippen LogP contribution in [-0.4, -0.2) is 40.7 Å². The van der Waals surface area contributed by atoms with Crippen LogP contribution in [0.4, 0.5) is 5.82 Å². The van der Waals surface area contributed by atoms with Crippen molar-refractivity contribution in [2.24, 2.45) is 5.41 Å². The van der Waals surface area contributed by atoms with E-state index in [0.717, 1.165) is 36.2 Å². The summed E-state index contributed by atoms with van der Waals surface area (Å²) in [6.07, 6.45) is 4.01. The lowest BCUT2D eigenvalue weighted by Gasteiger charge is -2.31. The molecule has 138 valence electrons. The van der Waals surface area contributed by atoms with Crippen LogP contribution < -0.4 is 10.2 Å². The maximum absolute atomic E-state index is 12.7. The number of nitrogens with one attached hydrogen (secondary N) is 1. The minimum Gasteiger partial charge on any atom is -0.357 e. The van der Waals surface area contributed by atoms with Crippen molar-refractivity contribution in [3.05, 3.63) is 12.0 Å². The summed E-state index contributed by atoms with van der Waals surface area (Å²) in [4.78, 5) is 23.2. The number of fused-ring (bicyclic) bond motifs is 1. The first-order chi connectivity index (χ1) is 11.9. The van der Waals surface area contributed by atoms with E-state index in [2.05, 4.69) is 41.2 Å². The summed E-state index contributed by atoms with van der Waals surface area (Å²) in [5.41, 5.74) is 0.962. The van der Waals surface area contributed by atoms with Gasteiger partial charge in [-0.25, -0.2) is 4.98 Å². The molecule has 1 amide bonds. The second kappa shape index (κ2) is 7.80. The van der Waals surface area contributed by atoms with Crippen LogP contribution in [-0.2, 0) is 4.79 Å². The van der Waals surface area contributed by atoms with Gasteiger partial charge in [0.25, 0.3) is 5.71 Å². The van der Waals surface area contributed by atoms with Crippen molar-refractivity contribution in [1.82, 2.24) is 20.4 Å². The Kier molecular flexibility index (Phi) is 5.98. The number of hydrogen-bond donors (Lipinski definition) is 1. The van der Waals surface area contributed by atoms with E-state index in [9.17, 15) is 4.79 Å². The van der Waals surface area contributed by atoms with Crippen LogP contribution in [0.3, 0.4) is 0 Å². The highest BCUT2D eigenvalue weighted by Gasteiger charge is 2.33. The summed E-state index contributed by atoms with van der Waals surface area (Å²) in [6, 6.07) is -0.00768. The smallest absolute Gasteiger partial charge is 0.263 e. The van der Waals surface area contributed by atoms with Gasteiger partial charge in [-0.15, -0.1) is 0 Å². The van der Waals surface area contributed by atoms with Crippen LogP contribution >= 0.6 is 0 Å². The van der Waals surface area contributed by atoms with Gasteiger partial charge in [0.2, 0.25) is 5.91 Å². The first-order valence-electron chi connectivity index (χ1n) is 8.97. The number of amides is 1. The molecule has 0 radical (unpaired) electrons. The van der Waals surface area contributed by atoms with E-state index in [4.69, 9.17) is 4.52 Å². The first kappa shape index (κ1) is 19.1. The Morgan fingerprint density at radius 1 is 1.28 bits per heavy atom. The molecule has 0 aromatic carbocycles. The van der Waals surface area contributed by atoms with Crippen molar-refractivity contribution >= 4 is 22.8 Å². The molecule has 7 nitrogen and oxygen atoms in total. The molecule has 2 aromatic rings. The minimum absolute atomic E-state index is 0.00768. The first-order valence-corrected chi connectivity index (χ1v) is 8.97. The molecular weight excluding hydrogens is 318 g/mol. The molecule has 0 spiro atoms. The molecule has 0 fully saturated rings. The van der Waals surface area contributed by atoms with Crippen molar-refractivity contribution < 1.29 is 9.32 Å². The molecule has 2 rings (SSSR count). The Morgan fingerprint density at radius 3 is 2.52 bits per heavy atom. The Bertz CT molecular complexity index is 715. The summed E-state index contributed by atoms with van der Waals surface area (Å²) < 4.78 is 5.20. The Hall–Kier alpha value is -2.18. The summed E-state index contributed by atoms with van der Waals surface area (Å²) in [7, 11) is 1.95. The molecule has 0 aliphatic carbocycles. The van der Waals surface area contributed by atoms with Crippen LogP contribution in [0.15, 0.2) is 10.9 Å². The normalized spacial score (nSPS) is 13.0. The fourth-order valence-electron chi connectivity index (χ4n) is 3.34.